The zero-order chi connectivity index (χ0) is 24.4. The molecule has 182 valence electrons. The van der Waals surface area contributed by atoms with Crippen molar-refractivity contribution in [2.45, 2.75) is 56.4 Å². The number of benzene rings is 2. The number of rotatable bonds is 5. The van der Waals surface area contributed by atoms with Gasteiger partial charge >= 0.3 is 6.03 Å². The molecule has 7 heteroatoms. The predicted molar refractivity (Wildman–Crippen MR) is 134 cm³/mol. The van der Waals surface area contributed by atoms with Gasteiger partial charge in [0.2, 0.25) is 5.91 Å². The van der Waals surface area contributed by atoms with Crippen molar-refractivity contribution < 1.29 is 14.4 Å². The van der Waals surface area contributed by atoms with Crippen molar-refractivity contribution in [1.29, 1.82) is 0 Å². The summed E-state index contributed by atoms with van der Waals surface area (Å²) in [6, 6.07) is 14.4. The van der Waals surface area contributed by atoms with Crippen LogP contribution in [0.25, 0.3) is 0 Å². The van der Waals surface area contributed by atoms with Gasteiger partial charge in [0.1, 0.15) is 12.1 Å². The molecule has 1 aliphatic heterocycles. The molecule has 0 aromatic heterocycles. The van der Waals surface area contributed by atoms with E-state index in [4.69, 9.17) is 11.6 Å². The molecule has 5 aliphatic rings. The minimum Gasteiger partial charge on any atom is -0.323 e. The smallest absolute Gasteiger partial charge is 0.323 e. The van der Waals surface area contributed by atoms with Gasteiger partial charge in [-0.1, -0.05) is 48.0 Å². The van der Waals surface area contributed by atoms with E-state index in [0.717, 1.165) is 22.7 Å². The summed E-state index contributed by atoms with van der Waals surface area (Å²) in [5.41, 5.74) is 1.48. The summed E-state index contributed by atoms with van der Waals surface area (Å²) < 4.78 is 0. The molecule has 2 N–H and O–H groups in total. The molecule has 2 aromatic carbocycles. The summed E-state index contributed by atoms with van der Waals surface area (Å²) in [6.45, 7) is 1.28. The van der Waals surface area contributed by atoms with Gasteiger partial charge in [-0.3, -0.25) is 14.5 Å². The lowest BCUT2D eigenvalue weighted by molar-refractivity contribution is -0.133. The lowest BCUT2D eigenvalue weighted by atomic mass is 9.48. The number of urea groups is 1. The fourth-order valence-corrected chi connectivity index (χ4v) is 7.78. The summed E-state index contributed by atoms with van der Waals surface area (Å²) in [7, 11) is 0. The van der Waals surface area contributed by atoms with Crippen LogP contribution < -0.4 is 10.6 Å². The van der Waals surface area contributed by atoms with Crippen LogP contribution in [0.2, 0.25) is 5.02 Å². The molecular formula is C28H30ClN3O3. The van der Waals surface area contributed by atoms with E-state index < -0.39 is 23.4 Å². The van der Waals surface area contributed by atoms with Crippen molar-refractivity contribution >= 4 is 35.1 Å². The standard InChI is InChI=1S/C28H30ClN3O3/c1-27(20-5-3-2-4-6-20)25(34)32(26(35)31-27)16-24(33)30-23-8-7-21(12-22(23)29)28-13-17-9-18(14-28)11-19(10-17)15-28/h2-8,12,17-19H,9-11,13-16H2,1H3,(H,30,33)(H,31,35). The quantitative estimate of drug-likeness (QED) is 0.563. The van der Waals surface area contributed by atoms with E-state index in [1.165, 1.54) is 44.1 Å². The highest BCUT2D eigenvalue weighted by molar-refractivity contribution is 6.33. The van der Waals surface area contributed by atoms with Gasteiger partial charge in [0.25, 0.3) is 5.91 Å². The first-order valence-electron chi connectivity index (χ1n) is 12.6. The molecule has 5 fully saturated rings. The maximum absolute atomic E-state index is 13.1. The SMILES string of the molecule is CC1(c2ccccc2)NC(=O)N(CC(=O)Nc2ccc(C34CC5CC(CC(C5)C3)C4)cc2Cl)C1=O. The highest BCUT2D eigenvalue weighted by Crippen LogP contribution is 2.61. The molecule has 6 nitrogen and oxygen atoms in total. The Kier molecular flexibility index (Phi) is 5.22. The lowest BCUT2D eigenvalue weighted by Gasteiger charge is -2.57. The summed E-state index contributed by atoms with van der Waals surface area (Å²) in [5, 5.41) is 6.03. The molecule has 1 atom stereocenters. The third-order valence-corrected chi connectivity index (χ3v) is 9.13. The molecule has 4 saturated carbocycles. The normalized spacial score (nSPS) is 33.2. The molecule has 7 rings (SSSR count). The largest absolute Gasteiger partial charge is 0.325 e. The molecule has 1 heterocycles. The van der Waals surface area contributed by atoms with Crippen molar-refractivity contribution in [3.05, 3.63) is 64.7 Å². The summed E-state index contributed by atoms with van der Waals surface area (Å²) >= 11 is 6.64. The molecule has 0 radical (unpaired) electrons. The third-order valence-electron chi connectivity index (χ3n) is 8.82. The average Bonchev–Trinajstić information content (AvgIpc) is 3.04. The van der Waals surface area contributed by atoms with Crippen LogP contribution in [0.5, 0.6) is 0 Å². The van der Waals surface area contributed by atoms with Gasteiger partial charge in [0.05, 0.1) is 10.7 Å². The van der Waals surface area contributed by atoms with Gasteiger partial charge in [-0.2, -0.15) is 0 Å². The monoisotopic (exact) mass is 491 g/mol. The molecule has 0 spiro atoms. The van der Waals surface area contributed by atoms with Crippen LogP contribution >= 0.6 is 11.6 Å². The second-order valence-electron chi connectivity index (χ2n) is 11.3. The van der Waals surface area contributed by atoms with E-state index in [2.05, 4.69) is 16.7 Å². The highest BCUT2D eigenvalue weighted by atomic mass is 35.5. The van der Waals surface area contributed by atoms with Gasteiger partial charge in [0.15, 0.2) is 0 Å². The van der Waals surface area contributed by atoms with Gasteiger partial charge in [0, 0.05) is 0 Å². The number of hydrogen-bond acceptors (Lipinski definition) is 3. The number of amides is 4. The van der Waals surface area contributed by atoms with Crippen LogP contribution in [0.15, 0.2) is 48.5 Å². The number of imide groups is 1. The molecule has 4 bridgehead atoms. The molecular weight excluding hydrogens is 462 g/mol. The maximum Gasteiger partial charge on any atom is 0.325 e. The number of carbonyl (C=O) groups is 3. The molecule has 2 aromatic rings. The van der Waals surface area contributed by atoms with Crippen LogP contribution in [-0.4, -0.2) is 29.3 Å². The Labute approximate surface area is 210 Å². The molecule has 1 saturated heterocycles. The van der Waals surface area contributed by atoms with Crippen LogP contribution in [0, 0.1) is 17.8 Å². The fourth-order valence-electron chi connectivity index (χ4n) is 7.55. The first kappa shape index (κ1) is 22.6. The van der Waals surface area contributed by atoms with Crippen LogP contribution in [-0.2, 0) is 20.5 Å². The Bertz CT molecular complexity index is 1180. The summed E-state index contributed by atoms with van der Waals surface area (Å²) in [4.78, 5) is 39.4. The highest BCUT2D eigenvalue weighted by Gasteiger charge is 2.52. The second-order valence-corrected chi connectivity index (χ2v) is 11.7. The molecule has 35 heavy (non-hydrogen) atoms. The van der Waals surface area contributed by atoms with Gasteiger partial charge in [-0.25, -0.2) is 4.79 Å². The van der Waals surface area contributed by atoms with E-state index >= 15 is 0 Å². The predicted octanol–water partition coefficient (Wildman–Crippen LogP) is 5.21. The number of nitrogens with zero attached hydrogens (tertiary/aromatic N) is 1. The fraction of sp³-hybridized carbons (Fsp3) is 0.464. The zero-order valence-corrected chi connectivity index (χ0v) is 20.6. The van der Waals surface area contributed by atoms with E-state index in [1.807, 2.05) is 30.3 Å². The Hall–Kier alpha value is -2.86. The number of nitrogens with one attached hydrogen (secondary N) is 2. The van der Waals surface area contributed by atoms with Gasteiger partial charge in [-0.15, -0.1) is 0 Å². The van der Waals surface area contributed by atoms with Crippen LogP contribution in [0.3, 0.4) is 0 Å². The van der Waals surface area contributed by atoms with E-state index in [1.54, 1.807) is 19.1 Å². The van der Waals surface area contributed by atoms with Crippen molar-refractivity contribution in [1.82, 2.24) is 10.2 Å². The lowest BCUT2D eigenvalue weighted by Crippen LogP contribution is -2.48. The van der Waals surface area contributed by atoms with Gasteiger partial charge < -0.3 is 10.6 Å². The summed E-state index contributed by atoms with van der Waals surface area (Å²) in [5.74, 6) is 1.60. The maximum atomic E-state index is 13.1. The number of hydrogen-bond donors (Lipinski definition) is 2. The van der Waals surface area contributed by atoms with Crippen molar-refractivity contribution in [3.63, 3.8) is 0 Å². The Morgan fingerprint density at radius 1 is 1.00 bits per heavy atom. The molecule has 4 aliphatic carbocycles. The average molecular weight is 492 g/mol. The number of halogens is 1. The molecule has 4 amide bonds. The Morgan fingerprint density at radius 2 is 1.63 bits per heavy atom. The first-order chi connectivity index (χ1) is 16.8. The number of anilines is 1. The van der Waals surface area contributed by atoms with E-state index in [0.29, 0.717) is 16.3 Å². The minimum absolute atomic E-state index is 0.225. The van der Waals surface area contributed by atoms with Crippen molar-refractivity contribution in [2.75, 3.05) is 11.9 Å². The second kappa shape index (κ2) is 8.09. The van der Waals surface area contributed by atoms with Gasteiger partial charge in [-0.05, 0) is 91.9 Å². The van der Waals surface area contributed by atoms with Crippen LogP contribution in [0.4, 0.5) is 10.5 Å². The third kappa shape index (κ3) is 3.74. The van der Waals surface area contributed by atoms with E-state index in [9.17, 15) is 14.4 Å². The van der Waals surface area contributed by atoms with E-state index in [-0.39, 0.29) is 12.0 Å². The Balaban J connectivity index is 1.15. The summed E-state index contributed by atoms with van der Waals surface area (Å²) in [6.07, 6.45) is 7.88. The number of carbonyl (C=O) groups excluding carboxylic acids is 3. The minimum atomic E-state index is -1.20. The van der Waals surface area contributed by atoms with Crippen molar-refractivity contribution in [2.24, 2.45) is 17.8 Å². The molecule has 1 unspecified atom stereocenters. The van der Waals surface area contributed by atoms with Crippen LogP contribution in [0.1, 0.15) is 56.6 Å². The zero-order valence-electron chi connectivity index (χ0n) is 19.9. The Morgan fingerprint density at radius 3 is 2.23 bits per heavy atom. The van der Waals surface area contributed by atoms with Crippen molar-refractivity contribution in [3.8, 4) is 0 Å². The topological polar surface area (TPSA) is 78.5 Å². The first-order valence-corrected chi connectivity index (χ1v) is 12.9.